The maximum atomic E-state index is 13.8. The number of nitrogen functional groups attached to an aromatic ring is 1. The molecule has 0 aliphatic heterocycles. The summed E-state index contributed by atoms with van der Waals surface area (Å²) in [5.41, 5.74) is 10.5. The van der Waals surface area contributed by atoms with E-state index in [9.17, 15) is 23.5 Å². The smallest absolute Gasteiger partial charge is 0.241 e. The molecule has 2 aromatic rings. The molecule has 0 aliphatic rings. The van der Waals surface area contributed by atoms with Gasteiger partial charge in [-0.25, -0.2) is 13.8 Å². The first-order chi connectivity index (χ1) is 15.2. The van der Waals surface area contributed by atoms with Gasteiger partial charge in [0.1, 0.15) is 11.4 Å². The average molecular weight is 450 g/mol. The van der Waals surface area contributed by atoms with E-state index in [0.717, 1.165) is 12.1 Å². The Hall–Kier alpha value is -3.11. The number of pyridine rings is 1. The average Bonchev–Trinajstić information content (AvgIpc) is 2.77. The molecule has 8 nitrogen and oxygen atoms in total. The Morgan fingerprint density at radius 2 is 1.81 bits per heavy atom. The highest BCUT2D eigenvalue weighted by molar-refractivity contribution is 5.93. The number of carbonyl (C=O) groups excluding carboxylic acids is 2. The maximum Gasteiger partial charge on any atom is 0.241 e. The van der Waals surface area contributed by atoms with Crippen molar-refractivity contribution in [2.24, 2.45) is 11.7 Å². The minimum atomic E-state index is -1.75. The van der Waals surface area contributed by atoms with E-state index in [1.165, 1.54) is 12.3 Å². The SMILES string of the molecule is CCN(CC)C(CO)(C(N)=O)[C@H](Cc1ccc(F)c(F)c1)C(=O)NCc1ccc(N)nc1. The number of nitrogens with zero attached hydrogens (tertiary/aromatic N) is 2. The number of aliphatic hydroxyl groups is 1. The minimum Gasteiger partial charge on any atom is -0.394 e. The summed E-state index contributed by atoms with van der Waals surface area (Å²) in [5.74, 6) is -4.43. The van der Waals surface area contributed by atoms with E-state index in [4.69, 9.17) is 11.5 Å². The second kappa shape index (κ2) is 11.0. The number of halogens is 2. The van der Waals surface area contributed by atoms with E-state index in [1.54, 1.807) is 30.9 Å². The van der Waals surface area contributed by atoms with Crippen LogP contribution in [-0.4, -0.2) is 52.0 Å². The molecule has 0 saturated carbocycles. The molecule has 32 heavy (non-hydrogen) atoms. The van der Waals surface area contributed by atoms with Gasteiger partial charge in [-0.05, 0) is 48.8 Å². The molecule has 2 atom stereocenters. The number of nitrogens with one attached hydrogen (secondary N) is 1. The van der Waals surface area contributed by atoms with Gasteiger partial charge >= 0.3 is 0 Å². The van der Waals surface area contributed by atoms with Gasteiger partial charge < -0.3 is 21.9 Å². The number of benzene rings is 1. The van der Waals surface area contributed by atoms with Crippen LogP contribution < -0.4 is 16.8 Å². The normalized spacial score (nSPS) is 14.1. The minimum absolute atomic E-state index is 0.0823. The first-order valence-electron chi connectivity index (χ1n) is 10.3. The molecular weight excluding hydrogens is 420 g/mol. The van der Waals surface area contributed by atoms with Crippen LogP contribution in [0.3, 0.4) is 0 Å². The Kier molecular flexibility index (Phi) is 8.62. The molecule has 1 unspecified atom stereocenters. The van der Waals surface area contributed by atoms with Crippen LogP contribution in [0.1, 0.15) is 25.0 Å². The molecule has 0 spiro atoms. The molecule has 0 saturated heterocycles. The summed E-state index contributed by atoms with van der Waals surface area (Å²) in [5, 5.41) is 13.0. The fourth-order valence-corrected chi connectivity index (χ4v) is 3.86. The Labute approximate surface area is 185 Å². The van der Waals surface area contributed by atoms with Crippen molar-refractivity contribution in [3.05, 3.63) is 59.3 Å². The number of aromatic nitrogens is 1. The molecular formula is C22H29F2N5O3. The van der Waals surface area contributed by atoms with Crippen LogP contribution in [0.4, 0.5) is 14.6 Å². The quantitative estimate of drug-likeness (QED) is 0.404. The zero-order valence-corrected chi connectivity index (χ0v) is 18.1. The van der Waals surface area contributed by atoms with Gasteiger partial charge in [-0.3, -0.25) is 14.5 Å². The second-order valence-electron chi connectivity index (χ2n) is 7.43. The van der Waals surface area contributed by atoms with Gasteiger partial charge in [0.05, 0.1) is 12.5 Å². The van der Waals surface area contributed by atoms with Crippen molar-refractivity contribution in [2.45, 2.75) is 32.4 Å². The number of likely N-dealkylation sites (N-methyl/N-ethyl adjacent to an activating group) is 1. The fourth-order valence-electron chi connectivity index (χ4n) is 3.86. The van der Waals surface area contributed by atoms with Crippen LogP contribution in [0, 0.1) is 17.6 Å². The Balaban J connectivity index is 2.45. The van der Waals surface area contributed by atoms with Crippen molar-refractivity contribution in [3.8, 4) is 0 Å². The van der Waals surface area contributed by atoms with E-state index < -0.39 is 41.5 Å². The predicted molar refractivity (Wildman–Crippen MR) is 116 cm³/mol. The molecule has 174 valence electrons. The van der Waals surface area contributed by atoms with E-state index >= 15 is 0 Å². The largest absolute Gasteiger partial charge is 0.394 e. The first-order valence-corrected chi connectivity index (χ1v) is 10.3. The molecule has 6 N–H and O–H groups in total. The summed E-state index contributed by atoms with van der Waals surface area (Å²) in [6, 6.07) is 6.50. The van der Waals surface area contributed by atoms with Gasteiger partial charge in [-0.15, -0.1) is 0 Å². The topological polar surface area (TPSA) is 135 Å². The summed E-state index contributed by atoms with van der Waals surface area (Å²) in [7, 11) is 0. The van der Waals surface area contributed by atoms with Crippen molar-refractivity contribution in [3.63, 3.8) is 0 Å². The number of primary amides is 1. The number of nitrogens with two attached hydrogens (primary N) is 2. The summed E-state index contributed by atoms with van der Waals surface area (Å²) in [6.07, 6.45) is 1.35. The molecule has 2 rings (SSSR count). The number of aliphatic hydroxyl groups excluding tert-OH is 1. The van der Waals surface area contributed by atoms with Gasteiger partial charge in [-0.1, -0.05) is 26.0 Å². The molecule has 0 aliphatic carbocycles. The third-order valence-corrected chi connectivity index (χ3v) is 5.63. The lowest BCUT2D eigenvalue weighted by Crippen LogP contribution is -2.67. The fraction of sp³-hybridized carbons (Fsp3) is 0.409. The van der Waals surface area contributed by atoms with Crippen LogP contribution in [0.25, 0.3) is 0 Å². The van der Waals surface area contributed by atoms with Crippen LogP contribution >= 0.6 is 0 Å². The van der Waals surface area contributed by atoms with Crippen molar-refractivity contribution < 1.29 is 23.5 Å². The highest BCUT2D eigenvalue weighted by Gasteiger charge is 2.51. The van der Waals surface area contributed by atoms with E-state index in [1.807, 2.05) is 0 Å². The number of amides is 2. The standard InChI is InChI=1S/C22H29F2N5O3/c1-3-29(4-2)22(13-30,21(26)32)16(9-14-5-7-17(23)18(24)10-14)20(31)28-12-15-6-8-19(25)27-11-15/h5-8,10-11,16,30H,3-4,9,12-13H2,1-2H3,(H2,25,27)(H2,26,32)(H,28,31)/t16-,22?/m1/s1. The first kappa shape index (κ1) is 25.2. The molecule has 1 aromatic carbocycles. The Morgan fingerprint density at radius 3 is 2.31 bits per heavy atom. The number of hydrogen-bond acceptors (Lipinski definition) is 6. The summed E-state index contributed by atoms with van der Waals surface area (Å²) >= 11 is 0. The second-order valence-corrected chi connectivity index (χ2v) is 7.43. The summed E-state index contributed by atoms with van der Waals surface area (Å²) in [4.78, 5) is 31.5. The summed E-state index contributed by atoms with van der Waals surface area (Å²) < 4.78 is 27.2. The van der Waals surface area contributed by atoms with Crippen molar-refractivity contribution in [2.75, 3.05) is 25.4 Å². The Morgan fingerprint density at radius 1 is 1.16 bits per heavy atom. The molecule has 1 aromatic heterocycles. The third kappa shape index (κ3) is 5.38. The monoisotopic (exact) mass is 449 g/mol. The van der Waals surface area contributed by atoms with Crippen molar-refractivity contribution in [1.29, 1.82) is 0 Å². The van der Waals surface area contributed by atoms with Gasteiger partial charge in [0.25, 0.3) is 0 Å². The lowest BCUT2D eigenvalue weighted by atomic mass is 9.77. The highest BCUT2D eigenvalue weighted by Crippen LogP contribution is 2.29. The van der Waals surface area contributed by atoms with Crippen LogP contribution in [0.2, 0.25) is 0 Å². The van der Waals surface area contributed by atoms with Gasteiger partial charge in [0.2, 0.25) is 11.8 Å². The molecule has 1 heterocycles. The predicted octanol–water partition coefficient (Wildman–Crippen LogP) is 0.975. The van der Waals surface area contributed by atoms with Crippen LogP contribution in [-0.2, 0) is 22.6 Å². The number of anilines is 1. The third-order valence-electron chi connectivity index (χ3n) is 5.63. The Bertz CT molecular complexity index is 938. The highest BCUT2D eigenvalue weighted by atomic mass is 19.2. The number of hydrogen-bond donors (Lipinski definition) is 4. The lowest BCUT2D eigenvalue weighted by molar-refractivity contribution is -0.147. The zero-order chi connectivity index (χ0) is 23.9. The molecule has 10 heteroatoms. The van der Waals surface area contributed by atoms with E-state index in [-0.39, 0.29) is 18.5 Å². The van der Waals surface area contributed by atoms with Crippen molar-refractivity contribution in [1.82, 2.24) is 15.2 Å². The van der Waals surface area contributed by atoms with E-state index in [0.29, 0.717) is 24.5 Å². The van der Waals surface area contributed by atoms with E-state index in [2.05, 4.69) is 10.3 Å². The molecule has 0 bridgehead atoms. The molecule has 2 amide bonds. The molecule has 0 fully saturated rings. The van der Waals surface area contributed by atoms with Crippen LogP contribution in [0.5, 0.6) is 0 Å². The lowest BCUT2D eigenvalue weighted by Gasteiger charge is -2.44. The molecule has 0 radical (unpaired) electrons. The van der Waals surface area contributed by atoms with Gasteiger partial charge in [0.15, 0.2) is 11.6 Å². The summed E-state index contributed by atoms with van der Waals surface area (Å²) in [6.45, 7) is 3.54. The van der Waals surface area contributed by atoms with Gasteiger partial charge in [0, 0.05) is 12.7 Å². The van der Waals surface area contributed by atoms with Gasteiger partial charge in [-0.2, -0.15) is 0 Å². The van der Waals surface area contributed by atoms with Crippen LogP contribution in [0.15, 0.2) is 36.5 Å². The zero-order valence-electron chi connectivity index (χ0n) is 18.1. The number of carbonyl (C=O) groups is 2. The van der Waals surface area contributed by atoms with Crippen molar-refractivity contribution >= 4 is 17.6 Å². The number of rotatable bonds is 11. The maximum absolute atomic E-state index is 13.8.